The van der Waals surface area contributed by atoms with Gasteiger partial charge in [0.15, 0.2) is 5.96 Å². The Morgan fingerprint density at radius 1 is 1.33 bits per heavy atom. The van der Waals surface area contributed by atoms with Gasteiger partial charge >= 0.3 is 0 Å². The van der Waals surface area contributed by atoms with Crippen LogP contribution in [-0.4, -0.2) is 37.7 Å². The predicted octanol–water partition coefficient (Wildman–Crippen LogP) is 3.52. The number of hydrogen-bond donors (Lipinski definition) is 3. The maximum Gasteiger partial charge on any atom is 0.253 e. The van der Waals surface area contributed by atoms with Crippen molar-refractivity contribution < 1.29 is 9.53 Å². The van der Waals surface area contributed by atoms with Crippen molar-refractivity contribution in [3.05, 3.63) is 29.8 Å². The lowest BCUT2D eigenvalue weighted by Crippen LogP contribution is -2.38. The molecule has 1 aliphatic heterocycles. The average Bonchev–Trinajstić information content (AvgIpc) is 3.14. The van der Waals surface area contributed by atoms with E-state index in [4.69, 9.17) is 4.74 Å². The standard InChI is InChI=1S/C20H32N4O2.HI/c1-4-21-20(22-11-10-15(2)3)23-14-16-7-5-8-17(13-16)24-19(25)18-9-6-12-26-18;/h5,7-8,13,15,18H,4,6,9-12,14H2,1-3H3,(H,24,25)(H2,21,22,23);1H. The lowest BCUT2D eigenvalue weighted by atomic mass is 10.1. The van der Waals surface area contributed by atoms with Gasteiger partial charge in [-0.15, -0.1) is 24.0 Å². The number of nitrogens with one attached hydrogen (secondary N) is 3. The highest BCUT2D eigenvalue weighted by Gasteiger charge is 2.23. The number of carbonyl (C=O) groups excluding carboxylic acids is 1. The highest BCUT2D eigenvalue weighted by Crippen LogP contribution is 2.16. The molecule has 1 saturated heterocycles. The number of amides is 1. The highest BCUT2D eigenvalue weighted by atomic mass is 127. The molecular formula is C20H33IN4O2. The van der Waals surface area contributed by atoms with Crippen LogP contribution in [-0.2, 0) is 16.1 Å². The summed E-state index contributed by atoms with van der Waals surface area (Å²) >= 11 is 0. The molecule has 2 rings (SSSR count). The van der Waals surface area contributed by atoms with E-state index in [-0.39, 0.29) is 36.0 Å². The molecule has 0 saturated carbocycles. The van der Waals surface area contributed by atoms with Crippen LogP contribution in [0.5, 0.6) is 0 Å². The van der Waals surface area contributed by atoms with Crippen molar-refractivity contribution in [1.82, 2.24) is 10.6 Å². The molecule has 0 spiro atoms. The first kappa shape index (κ1) is 23.7. The van der Waals surface area contributed by atoms with E-state index >= 15 is 0 Å². The number of anilines is 1. The van der Waals surface area contributed by atoms with Crippen molar-refractivity contribution in [2.45, 2.75) is 52.7 Å². The van der Waals surface area contributed by atoms with Gasteiger partial charge < -0.3 is 20.7 Å². The molecule has 1 aliphatic rings. The SMILES string of the molecule is CCNC(=NCc1cccc(NC(=O)C2CCCO2)c1)NCCC(C)C.I. The average molecular weight is 488 g/mol. The number of ether oxygens (including phenoxy) is 1. The smallest absolute Gasteiger partial charge is 0.253 e. The van der Waals surface area contributed by atoms with Crippen LogP contribution in [0.3, 0.4) is 0 Å². The molecule has 1 aromatic carbocycles. The molecule has 1 unspecified atom stereocenters. The van der Waals surface area contributed by atoms with Crippen molar-refractivity contribution in [3.8, 4) is 0 Å². The molecule has 0 aromatic heterocycles. The van der Waals surface area contributed by atoms with Gasteiger partial charge in [0.25, 0.3) is 5.91 Å². The van der Waals surface area contributed by atoms with Crippen LogP contribution in [0.25, 0.3) is 0 Å². The quantitative estimate of drug-likeness (QED) is 0.298. The number of hydrogen-bond acceptors (Lipinski definition) is 3. The number of guanidine groups is 1. The summed E-state index contributed by atoms with van der Waals surface area (Å²) in [6.07, 6.45) is 2.53. The Hall–Kier alpha value is -1.35. The summed E-state index contributed by atoms with van der Waals surface area (Å²) in [7, 11) is 0. The van der Waals surface area contributed by atoms with E-state index in [1.54, 1.807) is 0 Å². The number of halogens is 1. The van der Waals surface area contributed by atoms with Gasteiger partial charge in [0.1, 0.15) is 6.10 Å². The molecule has 1 atom stereocenters. The van der Waals surface area contributed by atoms with Crippen LogP contribution in [0.1, 0.15) is 45.6 Å². The van der Waals surface area contributed by atoms with Crippen molar-refractivity contribution in [2.24, 2.45) is 10.9 Å². The minimum Gasteiger partial charge on any atom is -0.368 e. The van der Waals surface area contributed by atoms with Gasteiger partial charge in [0.05, 0.1) is 6.54 Å². The zero-order chi connectivity index (χ0) is 18.8. The summed E-state index contributed by atoms with van der Waals surface area (Å²) in [5.74, 6) is 1.42. The zero-order valence-corrected chi connectivity index (χ0v) is 18.9. The van der Waals surface area contributed by atoms with Gasteiger partial charge in [-0.2, -0.15) is 0 Å². The molecule has 1 heterocycles. The Morgan fingerprint density at radius 3 is 2.81 bits per heavy atom. The summed E-state index contributed by atoms with van der Waals surface area (Å²) in [5.41, 5.74) is 1.84. The fourth-order valence-electron chi connectivity index (χ4n) is 2.75. The minimum absolute atomic E-state index is 0. The second-order valence-electron chi connectivity index (χ2n) is 7.00. The lowest BCUT2D eigenvalue weighted by molar-refractivity contribution is -0.124. The van der Waals surface area contributed by atoms with Crippen molar-refractivity contribution in [3.63, 3.8) is 0 Å². The summed E-state index contributed by atoms with van der Waals surface area (Å²) in [6, 6.07) is 7.82. The molecule has 152 valence electrons. The second-order valence-corrected chi connectivity index (χ2v) is 7.00. The van der Waals surface area contributed by atoms with E-state index in [9.17, 15) is 4.79 Å². The third-order valence-corrected chi connectivity index (χ3v) is 4.19. The molecule has 1 aromatic rings. The molecule has 7 heteroatoms. The Balaban J connectivity index is 0.00000364. The molecule has 27 heavy (non-hydrogen) atoms. The first-order chi connectivity index (χ1) is 12.6. The lowest BCUT2D eigenvalue weighted by Gasteiger charge is -2.13. The van der Waals surface area contributed by atoms with Gasteiger partial charge in [-0.1, -0.05) is 26.0 Å². The third-order valence-electron chi connectivity index (χ3n) is 4.19. The van der Waals surface area contributed by atoms with E-state index in [1.807, 2.05) is 24.3 Å². The van der Waals surface area contributed by atoms with E-state index in [0.717, 1.165) is 49.6 Å². The summed E-state index contributed by atoms with van der Waals surface area (Å²) in [5, 5.41) is 9.56. The summed E-state index contributed by atoms with van der Waals surface area (Å²) in [6.45, 7) is 9.43. The number of aliphatic imine (C=N–C) groups is 1. The molecule has 1 amide bonds. The van der Waals surface area contributed by atoms with E-state index in [1.165, 1.54) is 0 Å². The molecule has 0 aliphatic carbocycles. The van der Waals surface area contributed by atoms with Gasteiger partial charge in [0.2, 0.25) is 0 Å². The highest BCUT2D eigenvalue weighted by molar-refractivity contribution is 14.0. The van der Waals surface area contributed by atoms with Gasteiger partial charge in [-0.25, -0.2) is 4.99 Å². The fraction of sp³-hybridized carbons (Fsp3) is 0.600. The second kappa shape index (κ2) is 12.9. The van der Waals surface area contributed by atoms with Crippen LogP contribution >= 0.6 is 24.0 Å². The Labute approximate surface area is 179 Å². The maximum atomic E-state index is 12.2. The van der Waals surface area contributed by atoms with Crippen molar-refractivity contribution in [1.29, 1.82) is 0 Å². The van der Waals surface area contributed by atoms with E-state index in [2.05, 4.69) is 41.7 Å². The maximum absolute atomic E-state index is 12.2. The van der Waals surface area contributed by atoms with Crippen molar-refractivity contribution in [2.75, 3.05) is 25.0 Å². The fourth-order valence-corrected chi connectivity index (χ4v) is 2.75. The van der Waals surface area contributed by atoms with Crippen LogP contribution in [0.15, 0.2) is 29.3 Å². The monoisotopic (exact) mass is 488 g/mol. The van der Waals surface area contributed by atoms with Crippen molar-refractivity contribution >= 4 is 41.5 Å². The summed E-state index contributed by atoms with van der Waals surface area (Å²) < 4.78 is 5.43. The van der Waals surface area contributed by atoms with Gasteiger partial charge in [-0.05, 0) is 49.8 Å². The van der Waals surface area contributed by atoms with Crippen LogP contribution in [0.2, 0.25) is 0 Å². The predicted molar refractivity (Wildman–Crippen MR) is 122 cm³/mol. The number of nitrogens with zero attached hydrogens (tertiary/aromatic N) is 1. The number of benzene rings is 1. The van der Waals surface area contributed by atoms with Crippen LogP contribution < -0.4 is 16.0 Å². The number of carbonyl (C=O) groups is 1. The van der Waals surface area contributed by atoms with Gasteiger partial charge in [0, 0.05) is 25.4 Å². The molecule has 0 bridgehead atoms. The molecular weight excluding hydrogens is 455 g/mol. The van der Waals surface area contributed by atoms with Crippen LogP contribution in [0.4, 0.5) is 5.69 Å². The van der Waals surface area contributed by atoms with E-state index in [0.29, 0.717) is 19.1 Å². The molecule has 6 nitrogen and oxygen atoms in total. The third kappa shape index (κ3) is 8.92. The molecule has 0 radical (unpaired) electrons. The zero-order valence-electron chi connectivity index (χ0n) is 16.6. The van der Waals surface area contributed by atoms with Gasteiger partial charge in [-0.3, -0.25) is 4.79 Å². The topological polar surface area (TPSA) is 74.8 Å². The minimum atomic E-state index is -0.317. The Bertz CT molecular complexity index is 601. The van der Waals surface area contributed by atoms with Crippen LogP contribution in [0, 0.1) is 5.92 Å². The normalized spacial score (nSPS) is 16.7. The molecule has 1 fully saturated rings. The van der Waals surface area contributed by atoms with E-state index < -0.39 is 0 Å². The number of rotatable bonds is 8. The Kier molecular flexibility index (Phi) is 11.3. The Morgan fingerprint density at radius 2 is 2.15 bits per heavy atom. The molecule has 3 N–H and O–H groups in total. The summed E-state index contributed by atoms with van der Waals surface area (Å²) in [4.78, 5) is 16.8. The first-order valence-corrected chi connectivity index (χ1v) is 9.62. The largest absolute Gasteiger partial charge is 0.368 e. The first-order valence-electron chi connectivity index (χ1n) is 9.62.